The van der Waals surface area contributed by atoms with Gasteiger partial charge in [0.2, 0.25) is 0 Å². The zero-order valence-corrected chi connectivity index (χ0v) is 12.9. The van der Waals surface area contributed by atoms with E-state index in [0.29, 0.717) is 11.4 Å². The summed E-state index contributed by atoms with van der Waals surface area (Å²) in [6.45, 7) is 0. The number of rotatable bonds is 2. The first-order chi connectivity index (χ1) is 9.65. The molecule has 0 bridgehead atoms. The maximum Gasteiger partial charge on any atom is 0.276 e. The van der Waals surface area contributed by atoms with E-state index in [9.17, 15) is 4.79 Å². The standard InChI is InChI=1S/C13H8ClIN4O/c14-12-10(2-1-5-16-12)17-13(20)11-8-6-7(15)3-4-9(8)18-19-11/h1-6H,(H,17,20)(H,18,19). The second-order valence-corrected chi connectivity index (χ2v) is 5.66. The highest BCUT2D eigenvalue weighted by Gasteiger charge is 2.15. The summed E-state index contributed by atoms with van der Waals surface area (Å²) in [5.74, 6) is -0.326. The van der Waals surface area contributed by atoms with E-state index in [2.05, 4.69) is 43.1 Å². The average Bonchev–Trinajstić information content (AvgIpc) is 2.84. The minimum absolute atomic E-state index is 0.246. The molecule has 0 radical (unpaired) electrons. The summed E-state index contributed by atoms with van der Waals surface area (Å²) in [4.78, 5) is 16.2. The lowest BCUT2D eigenvalue weighted by Crippen LogP contribution is -2.13. The van der Waals surface area contributed by atoms with Gasteiger partial charge in [0.1, 0.15) is 0 Å². The van der Waals surface area contributed by atoms with Crippen molar-refractivity contribution in [2.75, 3.05) is 5.32 Å². The van der Waals surface area contributed by atoms with Crippen LogP contribution in [0.3, 0.4) is 0 Å². The zero-order valence-electron chi connectivity index (χ0n) is 10.0. The number of nitrogens with zero attached hydrogens (tertiary/aromatic N) is 2. The number of benzene rings is 1. The van der Waals surface area contributed by atoms with Gasteiger partial charge in [-0.05, 0) is 52.9 Å². The molecule has 0 saturated carbocycles. The number of aromatic amines is 1. The molecule has 0 unspecified atom stereocenters. The molecule has 0 aliphatic carbocycles. The van der Waals surface area contributed by atoms with Crippen LogP contribution in [0.1, 0.15) is 10.5 Å². The predicted octanol–water partition coefficient (Wildman–Crippen LogP) is 3.47. The van der Waals surface area contributed by atoms with Gasteiger partial charge >= 0.3 is 0 Å². The number of hydrogen-bond acceptors (Lipinski definition) is 3. The van der Waals surface area contributed by atoms with E-state index in [-0.39, 0.29) is 11.1 Å². The van der Waals surface area contributed by atoms with Gasteiger partial charge in [-0.25, -0.2) is 4.98 Å². The molecule has 1 aromatic carbocycles. The molecular weight excluding hydrogens is 391 g/mol. The Morgan fingerprint density at radius 1 is 1.35 bits per heavy atom. The van der Waals surface area contributed by atoms with Crippen molar-refractivity contribution in [3.05, 3.63) is 50.9 Å². The van der Waals surface area contributed by atoms with Crippen molar-refractivity contribution < 1.29 is 4.79 Å². The third-order valence-corrected chi connectivity index (χ3v) is 3.72. The fourth-order valence-electron chi connectivity index (χ4n) is 1.82. The van der Waals surface area contributed by atoms with E-state index in [4.69, 9.17) is 11.6 Å². The van der Waals surface area contributed by atoms with Crippen molar-refractivity contribution in [1.29, 1.82) is 0 Å². The lowest BCUT2D eigenvalue weighted by molar-refractivity contribution is 0.102. The maximum absolute atomic E-state index is 12.3. The van der Waals surface area contributed by atoms with Gasteiger partial charge in [0.05, 0.1) is 11.2 Å². The van der Waals surface area contributed by atoms with Gasteiger partial charge in [0.15, 0.2) is 10.8 Å². The largest absolute Gasteiger partial charge is 0.318 e. The second-order valence-electron chi connectivity index (χ2n) is 4.06. The van der Waals surface area contributed by atoms with Crippen molar-refractivity contribution in [1.82, 2.24) is 15.2 Å². The van der Waals surface area contributed by atoms with Crippen molar-refractivity contribution in [3.8, 4) is 0 Å². The first kappa shape index (κ1) is 13.3. The van der Waals surface area contributed by atoms with Gasteiger partial charge in [-0.15, -0.1) is 0 Å². The van der Waals surface area contributed by atoms with Crippen LogP contribution in [0.4, 0.5) is 5.69 Å². The van der Waals surface area contributed by atoms with Gasteiger partial charge < -0.3 is 5.32 Å². The maximum atomic E-state index is 12.3. The quantitative estimate of drug-likeness (QED) is 0.513. The van der Waals surface area contributed by atoms with E-state index in [1.807, 2.05) is 18.2 Å². The number of hydrogen-bond donors (Lipinski definition) is 2. The molecule has 0 atom stereocenters. The van der Waals surface area contributed by atoms with Crippen LogP contribution in [0.15, 0.2) is 36.5 Å². The molecule has 2 N–H and O–H groups in total. The molecule has 0 saturated heterocycles. The SMILES string of the molecule is O=C(Nc1cccnc1Cl)c1n[nH]c2ccc(I)cc12. The summed E-state index contributed by atoms with van der Waals surface area (Å²) in [6.07, 6.45) is 1.56. The van der Waals surface area contributed by atoms with Crippen LogP contribution in [0.25, 0.3) is 10.9 Å². The Kier molecular flexibility index (Phi) is 3.58. The summed E-state index contributed by atoms with van der Waals surface area (Å²) in [5, 5.41) is 10.6. The van der Waals surface area contributed by atoms with Gasteiger partial charge in [-0.3, -0.25) is 9.89 Å². The lowest BCUT2D eigenvalue weighted by Gasteiger charge is -2.04. The Hall–Kier alpha value is -1.67. The van der Waals surface area contributed by atoms with Gasteiger partial charge in [-0.1, -0.05) is 11.6 Å². The summed E-state index contributed by atoms with van der Waals surface area (Å²) >= 11 is 8.11. The molecule has 100 valence electrons. The highest BCUT2D eigenvalue weighted by molar-refractivity contribution is 14.1. The van der Waals surface area contributed by atoms with E-state index >= 15 is 0 Å². The van der Waals surface area contributed by atoms with Crippen LogP contribution < -0.4 is 5.32 Å². The third-order valence-electron chi connectivity index (χ3n) is 2.75. The van der Waals surface area contributed by atoms with E-state index in [1.54, 1.807) is 18.3 Å². The van der Waals surface area contributed by atoms with Crippen LogP contribution in [-0.4, -0.2) is 21.1 Å². The number of aromatic nitrogens is 3. The normalized spacial score (nSPS) is 10.7. The zero-order chi connectivity index (χ0) is 14.1. The number of pyridine rings is 1. The fraction of sp³-hybridized carbons (Fsp3) is 0. The number of halogens is 2. The average molecular weight is 399 g/mol. The van der Waals surface area contributed by atoms with Crippen molar-refractivity contribution in [3.63, 3.8) is 0 Å². The minimum atomic E-state index is -0.326. The summed E-state index contributed by atoms with van der Waals surface area (Å²) < 4.78 is 1.03. The molecule has 1 amide bonds. The molecule has 20 heavy (non-hydrogen) atoms. The first-order valence-corrected chi connectivity index (χ1v) is 7.16. The molecule has 2 aromatic heterocycles. The van der Waals surface area contributed by atoms with Crippen LogP contribution in [0.2, 0.25) is 5.15 Å². The van der Waals surface area contributed by atoms with Crippen LogP contribution >= 0.6 is 34.2 Å². The Morgan fingerprint density at radius 3 is 3.00 bits per heavy atom. The molecule has 0 aliphatic rings. The smallest absolute Gasteiger partial charge is 0.276 e. The predicted molar refractivity (Wildman–Crippen MR) is 86.0 cm³/mol. The molecular formula is C13H8ClIN4O. The highest BCUT2D eigenvalue weighted by atomic mass is 127. The number of H-pyrrole nitrogens is 1. The van der Waals surface area contributed by atoms with Crippen LogP contribution in [-0.2, 0) is 0 Å². The lowest BCUT2D eigenvalue weighted by atomic mass is 10.2. The fourth-order valence-corrected chi connectivity index (χ4v) is 2.48. The van der Waals surface area contributed by atoms with Crippen LogP contribution in [0.5, 0.6) is 0 Å². The topological polar surface area (TPSA) is 70.7 Å². The van der Waals surface area contributed by atoms with E-state index < -0.39 is 0 Å². The summed E-state index contributed by atoms with van der Waals surface area (Å²) in [5.41, 5.74) is 1.60. The van der Waals surface area contributed by atoms with Crippen LogP contribution in [0, 0.1) is 3.57 Å². The third kappa shape index (κ3) is 2.48. The Labute approximate surface area is 132 Å². The minimum Gasteiger partial charge on any atom is -0.318 e. The molecule has 3 rings (SSSR count). The highest BCUT2D eigenvalue weighted by Crippen LogP contribution is 2.22. The van der Waals surface area contributed by atoms with Crippen molar-refractivity contribution in [2.45, 2.75) is 0 Å². The monoisotopic (exact) mass is 398 g/mol. The second kappa shape index (κ2) is 5.37. The number of anilines is 1. The van der Waals surface area contributed by atoms with Crippen molar-refractivity contribution >= 4 is 56.7 Å². The number of carbonyl (C=O) groups excluding carboxylic acids is 1. The molecule has 3 aromatic rings. The summed E-state index contributed by atoms with van der Waals surface area (Å²) in [6, 6.07) is 9.12. The first-order valence-electron chi connectivity index (χ1n) is 5.70. The molecule has 0 fully saturated rings. The van der Waals surface area contributed by atoms with Gasteiger partial charge in [0.25, 0.3) is 5.91 Å². The number of carbonyl (C=O) groups is 1. The molecule has 0 spiro atoms. The number of amides is 1. The molecule has 2 heterocycles. The van der Waals surface area contributed by atoms with Crippen molar-refractivity contribution in [2.24, 2.45) is 0 Å². The number of nitrogens with one attached hydrogen (secondary N) is 2. The van der Waals surface area contributed by atoms with E-state index in [0.717, 1.165) is 14.5 Å². The summed E-state index contributed by atoms with van der Waals surface area (Å²) in [7, 11) is 0. The van der Waals surface area contributed by atoms with E-state index in [1.165, 1.54) is 0 Å². The molecule has 5 nitrogen and oxygen atoms in total. The Balaban J connectivity index is 1.97. The number of fused-ring (bicyclic) bond motifs is 1. The Bertz CT molecular complexity index is 802. The Morgan fingerprint density at radius 2 is 2.20 bits per heavy atom. The van der Waals surface area contributed by atoms with Gasteiger partial charge in [0, 0.05) is 15.2 Å². The molecule has 7 heteroatoms. The molecule has 0 aliphatic heterocycles. The van der Waals surface area contributed by atoms with Gasteiger partial charge in [-0.2, -0.15) is 5.10 Å².